The van der Waals surface area contributed by atoms with Crippen LogP contribution < -0.4 is 0 Å². The van der Waals surface area contributed by atoms with Crippen LogP contribution >= 0.6 is 0 Å². The predicted octanol–water partition coefficient (Wildman–Crippen LogP) is 2.09. The minimum Gasteiger partial charge on any atom is -0.463 e. The molecule has 0 heterocycles. The maximum Gasteiger partial charge on any atom is 0.306 e. The summed E-state index contributed by atoms with van der Waals surface area (Å²) in [6, 6.07) is 0. The summed E-state index contributed by atoms with van der Waals surface area (Å²) in [5, 5.41) is 0. The van der Waals surface area contributed by atoms with E-state index in [4.69, 9.17) is 4.74 Å². The lowest BCUT2D eigenvalue weighted by atomic mass is 10.2. The van der Waals surface area contributed by atoms with Crippen LogP contribution in [0, 0.1) is 0 Å². The van der Waals surface area contributed by atoms with Gasteiger partial charge in [-0.15, -0.1) is 0 Å². The van der Waals surface area contributed by atoms with E-state index < -0.39 is 0 Å². The molecule has 0 aromatic heterocycles. The van der Waals surface area contributed by atoms with Crippen LogP contribution in [-0.2, 0) is 14.3 Å². The van der Waals surface area contributed by atoms with Gasteiger partial charge in [0.25, 0.3) is 0 Å². The Labute approximate surface area is 79.5 Å². The van der Waals surface area contributed by atoms with Crippen molar-refractivity contribution in [3.8, 4) is 0 Å². The van der Waals surface area contributed by atoms with Crippen LogP contribution in [0.25, 0.3) is 0 Å². The molecule has 0 N–H and O–H groups in total. The molecule has 0 aliphatic carbocycles. The van der Waals surface area contributed by atoms with Crippen LogP contribution in [0.3, 0.4) is 0 Å². The quantitative estimate of drug-likeness (QED) is 0.596. The fourth-order valence-electron chi connectivity index (χ4n) is 1.03. The Hall–Kier alpha value is -0.860. The summed E-state index contributed by atoms with van der Waals surface area (Å²) in [6.45, 7) is 5.39. The third kappa shape index (κ3) is 7.50. The number of Topliss-reactive ketones (excluding diaryl/α,β-unsaturated/α-hetero) is 1. The second-order valence-electron chi connectivity index (χ2n) is 3.29. The Morgan fingerprint density at radius 3 is 2.38 bits per heavy atom. The minimum absolute atomic E-state index is 0.0236. The number of ketones is 1. The lowest BCUT2D eigenvalue weighted by Gasteiger charge is -2.11. The summed E-state index contributed by atoms with van der Waals surface area (Å²) in [5.74, 6) is -0.240. The van der Waals surface area contributed by atoms with E-state index in [0.717, 1.165) is 12.8 Å². The molecule has 76 valence electrons. The Kier molecular flexibility index (Phi) is 6.20. The van der Waals surface area contributed by atoms with E-state index >= 15 is 0 Å². The lowest BCUT2D eigenvalue weighted by Crippen LogP contribution is -2.15. The molecule has 0 bridgehead atoms. The van der Waals surface area contributed by atoms with Crippen LogP contribution in [0.15, 0.2) is 0 Å². The first kappa shape index (κ1) is 12.1. The smallest absolute Gasteiger partial charge is 0.306 e. The van der Waals surface area contributed by atoms with Crippen LogP contribution in [0.2, 0.25) is 0 Å². The van der Waals surface area contributed by atoms with Crippen LogP contribution in [0.5, 0.6) is 0 Å². The van der Waals surface area contributed by atoms with Crippen LogP contribution in [-0.4, -0.2) is 17.9 Å². The Morgan fingerprint density at radius 1 is 1.31 bits per heavy atom. The van der Waals surface area contributed by atoms with Gasteiger partial charge in [0.15, 0.2) is 0 Å². The molecular formula is C10H18O3. The number of ether oxygens (including phenoxy) is 1. The maximum absolute atomic E-state index is 11.1. The Morgan fingerprint density at radius 2 is 1.92 bits per heavy atom. The molecule has 0 saturated heterocycles. The Balaban J connectivity index is 3.55. The van der Waals surface area contributed by atoms with Gasteiger partial charge in [0.1, 0.15) is 5.78 Å². The van der Waals surface area contributed by atoms with Gasteiger partial charge in [-0.1, -0.05) is 13.3 Å². The summed E-state index contributed by atoms with van der Waals surface area (Å²) in [4.78, 5) is 21.6. The number of carbonyl (C=O) groups is 2. The molecule has 0 aliphatic heterocycles. The van der Waals surface area contributed by atoms with Crippen molar-refractivity contribution in [2.75, 3.05) is 0 Å². The van der Waals surface area contributed by atoms with E-state index in [1.165, 1.54) is 6.92 Å². The van der Waals surface area contributed by atoms with Crippen LogP contribution in [0.1, 0.15) is 46.5 Å². The van der Waals surface area contributed by atoms with E-state index in [-0.39, 0.29) is 30.7 Å². The molecule has 0 saturated carbocycles. The highest BCUT2D eigenvalue weighted by atomic mass is 16.5. The van der Waals surface area contributed by atoms with Crippen molar-refractivity contribution in [1.82, 2.24) is 0 Å². The van der Waals surface area contributed by atoms with E-state index in [9.17, 15) is 9.59 Å². The second kappa shape index (κ2) is 6.63. The third-order valence-electron chi connectivity index (χ3n) is 1.71. The van der Waals surface area contributed by atoms with Crippen molar-refractivity contribution in [2.45, 2.75) is 52.6 Å². The lowest BCUT2D eigenvalue weighted by molar-refractivity contribution is -0.149. The number of hydrogen-bond acceptors (Lipinski definition) is 3. The molecule has 1 atom stereocenters. The molecule has 0 aromatic carbocycles. The average molecular weight is 186 g/mol. The standard InChI is InChI=1S/C10H18O3/c1-4-5-9(3)13-10(12)7-6-8(2)11/h9H,4-7H2,1-3H3. The molecule has 0 fully saturated rings. The van der Waals surface area contributed by atoms with Crippen molar-refractivity contribution in [2.24, 2.45) is 0 Å². The van der Waals surface area contributed by atoms with Crippen LogP contribution in [0.4, 0.5) is 0 Å². The van der Waals surface area contributed by atoms with E-state index in [1.807, 2.05) is 13.8 Å². The van der Waals surface area contributed by atoms with Crippen molar-refractivity contribution < 1.29 is 14.3 Å². The molecule has 3 heteroatoms. The largest absolute Gasteiger partial charge is 0.463 e. The fourth-order valence-corrected chi connectivity index (χ4v) is 1.03. The molecule has 1 unspecified atom stereocenters. The summed E-state index contributed by atoms with van der Waals surface area (Å²) in [6.07, 6.45) is 2.36. The summed E-state index contributed by atoms with van der Waals surface area (Å²) in [7, 11) is 0. The van der Waals surface area contributed by atoms with Crippen molar-refractivity contribution in [1.29, 1.82) is 0 Å². The highest BCUT2D eigenvalue weighted by Crippen LogP contribution is 2.03. The average Bonchev–Trinajstić information content (AvgIpc) is 2.01. The van der Waals surface area contributed by atoms with E-state index in [2.05, 4.69) is 0 Å². The normalized spacial score (nSPS) is 12.2. The SMILES string of the molecule is CCCC(C)OC(=O)CCC(C)=O. The van der Waals surface area contributed by atoms with Gasteiger partial charge in [-0.25, -0.2) is 0 Å². The molecule has 13 heavy (non-hydrogen) atoms. The van der Waals surface area contributed by atoms with Gasteiger partial charge in [0, 0.05) is 6.42 Å². The second-order valence-corrected chi connectivity index (χ2v) is 3.29. The minimum atomic E-state index is -0.267. The number of carbonyl (C=O) groups excluding carboxylic acids is 2. The summed E-state index contributed by atoms with van der Waals surface area (Å²) < 4.78 is 5.05. The first-order valence-corrected chi connectivity index (χ1v) is 4.75. The zero-order valence-corrected chi connectivity index (χ0v) is 8.63. The maximum atomic E-state index is 11.1. The molecule has 0 rings (SSSR count). The molecule has 0 spiro atoms. The molecule has 0 radical (unpaired) electrons. The highest BCUT2D eigenvalue weighted by molar-refractivity contribution is 5.80. The zero-order chi connectivity index (χ0) is 10.3. The molecular weight excluding hydrogens is 168 g/mol. The Bertz CT molecular complexity index is 175. The number of rotatable bonds is 6. The van der Waals surface area contributed by atoms with Gasteiger partial charge in [-0.2, -0.15) is 0 Å². The van der Waals surface area contributed by atoms with Crippen molar-refractivity contribution in [3.05, 3.63) is 0 Å². The van der Waals surface area contributed by atoms with Gasteiger partial charge in [0.2, 0.25) is 0 Å². The van der Waals surface area contributed by atoms with Crippen molar-refractivity contribution in [3.63, 3.8) is 0 Å². The number of hydrogen-bond donors (Lipinski definition) is 0. The highest BCUT2D eigenvalue weighted by Gasteiger charge is 2.08. The van der Waals surface area contributed by atoms with Crippen molar-refractivity contribution >= 4 is 11.8 Å². The fraction of sp³-hybridized carbons (Fsp3) is 0.800. The molecule has 0 aromatic rings. The monoisotopic (exact) mass is 186 g/mol. The van der Waals surface area contributed by atoms with Gasteiger partial charge in [-0.05, 0) is 20.3 Å². The molecule has 3 nitrogen and oxygen atoms in total. The topological polar surface area (TPSA) is 43.4 Å². The number of esters is 1. The molecule has 0 amide bonds. The van der Waals surface area contributed by atoms with Gasteiger partial charge in [-0.3, -0.25) is 4.79 Å². The molecule has 0 aliphatic rings. The summed E-state index contributed by atoms with van der Waals surface area (Å²) >= 11 is 0. The first-order chi connectivity index (χ1) is 6.06. The summed E-state index contributed by atoms with van der Waals surface area (Å²) in [5.41, 5.74) is 0. The van der Waals surface area contributed by atoms with Gasteiger partial charge in [0.05, 0.1) is 12.5 Å². The van der Waals surface area contributed by atoms with E-state index in [1.54, 1.807) is 0 Å². The zero-order valence-electron chi connectivity index (χ0n) is 8.63. The first-order valence-electron chi connectivity index (χ1n) is 4.75. The predicted molar refractivity (Wildman–Crippen MR) is 50.4 cm³/mol. The third-order valence-corrected chi connectivity index (χ3v) is 1.71. The van der Waals surface area contributed by atoms with E-state index in [0.29, 0.717) is 0 Å². The van der Waals surface area contributed by atoms with Gasteiger partial charge < -0.3 is 9.53 Å². The van der Waals surface area contributed by atoms with Gasteiger partial charge >= 0.3 is 5.97 Å².